The van der Waals surface area contributed by atoms with Gasteiger partial charge in [0.15, 0.2) is 0 Å². The van der Waals surface area contributed by atoms with Crippen LogP contribution >= 0.6 is 0 Å². The summed E-state index contributed by atoms with van der Waals surface area (Å²) in [5, 5.41) is 18.8. The van der Waals surface area contributed by atoms with E-state index in [4.69, 9.17) is 4.74 Å². The van der Waals surface area contributed by atoms with Crippen LogP contribution in [0.25, 0.3) is 0 Å². The molecular weight excluding hydrogens is 418 g/mol. The molecule has 33 heavy (non-hydrogen) atoms. The first-order valence-electron chi connectivity index (χ1n) is 10.9. The van der Waals surface area contributed by atoms with Crippen LogP contribution in [0.1, 0.15) is 23.5 Å². The number of aliphatic hydroxyl groups excluding tert-OH is 1. The molecule has 0 fully saturated rings. The van der Waals surface area contributed by atoms with Crippen LogP contribution in [0.3, 0.4) is 0 Å². The van der Waals surface area contributed by atoms with Gasteiger partial charge in [0.25, 0.3) is 0 Å². The van der Waals surface area contributed by atoms with Gasteiger partial charge in [0.1, 0.15) is 18.5 Å². The van der Waals surface area contributed by atoms with Gasteiger partial charge >= 0.3 is 0 Å². The van der Waals surface area contributed by atoms with Gasteiger partial charge in [-0.05, 0) is 60.5 Å². The molecule has 3 rings (SSSR count). The topological polar surface area (TPSA) is 99.7 Å². The minimum absolute atomic E-state index is 0.103. The molecule has 3 aromatic rings. The first-order valence-corrected chi connectivity index (χ1v) is 10.9. The second-order valence-electron chi connectivity index (χ2n) is 7.59. The maximum Gasteiger partial charge on any atom is 0.211 e. The summed E-state index contributed by atoms with van der Waals surface area (Å²) < 4.78 is 5.60. The average Bonchev–Trinajstić information content (AvgIpc) is 2.85. The minimum Gasteiger partial charge on any atom is -0.491 e. The van der Waals surface area contributed by atoms with Crippen molar-refractivity contribution < 1.29 is 19.4 Å². The lowest BCUT2D eigenvalue weighted by Gasteiger charge is -2.20. The van der Waals surface area contributed by atoms with Crippen molar-refractivity contribution in [3.63, 3.8) is 0 Å². The van der Waals surface area contributed by atoms with Crippen LogP contribution in [0.15, 0.2) is 78.9 Å². The lowest BCUT2D eigenvalue weighted by molar-refractivity contribution is -0.106. The molecule has 172 valence electrons. The molecule has 2 amide bonds. The molecule has 0 aliphatic heterocycles. The lowest BCUT2D eigenvalue weighted by atomic mass is 9.88. The third-order valence-corrected chi connectivity index (χ3v) is 5.25. The van der Waals surface area contributed by atoms with Crippen molar-refractivity contribution in [1.82, 2.24) is 5.32 Å². The summed E-state index contributed by atoms with van der Waals surface area (Å²) in [4.78, 5) is 21.4. The first kappa shape index (κ1) is 24.0. The molecule has 7 nitrogen and oxygen atoms in total. The number of hydrogen-bond donors (Lipinski definition) is 4. The highest BCUT2D eigenvalue weighted by molar-refractivity contribution is 5.72. The van der Waals surface area contributed by atoms with Crippen LogP contribution in [0.4, 0.5) is 11.4 Å². The van der Waals surface area contributed by atoms with Gasteiger partial charge in [-0.2, -0.15) is 0 Å². The van der Waals surface area contributed by atoms with Crippen LogP contribution in [0, 0.1) is 0 Å². The van der Waals surface area contributed by atoms with Crippen molar-refractivity contribution in [3.05, 3.63) is 90.0 Å². The highest BCUT2D eigenvalue weighted by Crippen LogP contribution is 2.29. The van der Waals surface area contributed by atoms with E-state index in [9.17, 15) is 14.7 Å². The van der Waals surface area contributed by atoms with E-state index in [1.54, 1.807) is 0 Å². The van der Waals surface area contributed by atoms with Crippen molar-refractivity contribution in [2.75, 3.05) is 30.3 Å². The largest absolute Gasteiger partial charge is 0.491 e. The highest BCUT2D eigenvalue weighted by atomic mass is 16.5. The van der Waals surface area contributed by atoms with Crippen molar-refractivity contribution >= 4 is 24.2 Å². The van der Waals surface area contributed by atoms with Crippen molar-refractivity contribution in [2.24, 2.45) is 0 Å². The summed E-state index contributed by atoms with van der Waals surface area (Å²) in [6.45, 7) is 1.33. The van der Waals surface area contributed by atoms with Crippen LogP contribution in [-0.2, 0) is 9.59 Å². The lowest BCUT2D eigenvalue weighted by Crippen LogP contribution is -2.32. The number of carbonyl (C=O) groups is 2. The standard InChI is InChI=1S/C26H29N3O4/c30-18-28-22-10-6-20(7-11-22)26(21-8-12-23(13-9-21)29-19-31)14-15-27-16-24(32)17-33-25-4-2-1-3-5-25/h1-13,18-19,24,26-27,32H,14-17H2,(H,28,30)(H,29,31)/t24-/m0/s1. The zero-order chi connectivity index (χ0) is 23.3. The molecule has 0 saturated carbocycles. The molecule has 0 heterocycles. The van der Waals surface area contributed by atoms with Gasteiger partial charge in [0.05, 0.1) is 0 Å². The number of carbonyl (C=O) groups excluding carboxylic acids is 2. The van der Waals surface area contributed by atoms with E-state index in [1.165, 1.54) is 0 Å². The van der Waals surface area contributed by atoms with E-state index in [0.29, 0.717) is 25.9 Å². The maximum absolute atomic E-state index is 10.7. The number of nitrogens with one attached hydrogen (secondary N) is 3. The third kappa shape index (κ3) is 7.75. The van der Waals surface area contributed by atoms with E-state index in [0.717, 1.165) is 34.7 Å². The smallest absolute Gasteiger partial charge is 0.211 e. The van der Waals surface area contributed by atoms with Crippen LogP contribution in [0.5, 0.6) is 5.75 Å². The minimum atomic E-state index is -0.619. The van der Waals surface area contributed by atoms with E-state index in [-0.39, 0.29) is 12.5 Å². The molecule has 7 heteroatoms. The second kappa shape index (κ2) is 13.0. The Hall–Kier alpha value is -3.68. The Bertz CT molecular complexity index is 925. The van der Waals surface area contributed by atoms with Crippen molar-refractivity contribution in [2.45, 2.75) is 18.4 Å². The quantitative estimate of drug-likeness (QED) is 0.224. The summed E-state index contributed by atoms with van der Waals surface area (Å²) in [5.41, 5.74) is 3.69. The van der Waals surface area contributed by atoms with Gasteiger partial charge in [-0.15, -0.1) is 0 Å². The number of aliphatic hydroxyl groups is 1. The molecule has 0 saturated heterocycles. The Morgan fingerprint density at radius 1 is 0.788 bits per heavy atom. The summed E-state index contributed by atoms with van der Waals surface area (Å²) in [5.74, 6) is 0.836. The number of amides is 2. The predicted octanol–water partition coefficient (Wildman–Crippen LogP) is 3.37. The fraction of sp³-hybridized carbons (Fsp3) is 0.231. The van der Waals surface area contributed by atoms with E-state index < -0.39 is 6.10 Å². The highest BCUT2D eigenvalue weighted by Gasteiger charge is 2.15. The summed E-state index contributed by atoms with van der Waals surface area (Å²) in [6, 6.07) is 24.9. The van der Waals surface area contributed by atoms with Gasteiger partial charge in [-0.1, -0.05) is 42.5 Å². The third-order valence-electron chi connectivity index (χ3n) is 5.25. The summed E-state index contributed by atoms with van der Waals surface area (Å²) in [6.07, 6.45) is 1.49. The van der Waals surface area contributed by atoms with Gasteiger partial charge in [-0.3, -0.25) is 9.59 Å². The number of para-hydroxylation sites is 1. The molecular formula is C26H29N3O4. The van der Waals surface area contributed by atoms with Crippen LogP contribution in [0.2, 0.25) is 0 Å². The summed E-state index contributed by atoms with van der Waals surface area (Å²) in [7, 11) is 0. The Balaban J connectivity index is 1.58. The van der Waals surface area contributed by atoms with E-state index in [1.807, 2.05) is 78.9 Å². The number of hydrogen-bond acceptors (Lipinski definition) is 5. The van der Waals surface area contributed by atoms with Crippen molar-refractivity contribution in [1.29, 1.82) is 0 Å². The monoisotopic (exact) mass is 447 g/mol. The van der Waals surface area contributed by atoms with Crippen LogP contribution < -0.4 is 20.7 Å². The number of rotatable bonds is 14. The Morgan fingerprint density at radius 2 is 1.33 bits per heavy atom. The zero-order valence-electron chi connectivity index (χ0n) is 18.3. The number of benzene rings is 3. The number of ether oxygens (including phenoxy) is 1. The predicted molar refractivity (Wildman–Crippen MR) is 130 cm³/mol. The van der Waals surface area contributed by atoms with Gasteiger partial charge in [0.2, 0.25) is 12.8 Å². The van der Waals surface area contributed by atoms with Crippen molar-refractivity contribution in [3.8, 4) is 5.75 Å². The molecule has 0 spiro atoms. The van der Waals surface area contributed by atoms with Crippen LogP contribution in [-0.4, -0.2) is 43.7 Å². The SMILES string of the molecule is O=CNc1ccc(C(CCNC[C@H](O)COc2ccccc2)c2ccc(NC=O)cc2)cc1. The summed E-state index contributed by atoms with van der Waals surface area (Å²) >= 11 is 0. The first-order chi connectivity index (χ1) is 16.2. The van der Waals surface area contributed by atoms with Gasteiger partial charge < -0.3 is 25.8 Å². The zero-order valence-corrected chi connectivity index (χ0v) is 18.3. The maximum atomic E-state index is 10.7. The van der Waals surface area contributed by atoms with Gasteiger partial charge in [0, 0.05) is 23.8 Å². The van der Waals surface area contributed by atoms with E-state index >= 15 is 0 Å². The Kier molecular flexibility index (Phi) is 9.45. The molecule has 0 aliphatic carbocycles. The molecule has 1 atom stereocenters. The van der Waals surface area contributed by atoms with E-state index in [2.05, 4.69) is 16.0 Å². The molecule has 3 aromatic carbocycles. The molecule has 0 aromatic heterocycles. The molecule has 0 radical (unpaired) electrons. The fourth-order valence-electron chi connectivity index (χ4n) is 3.57. The Morgan fingerprint density at radius 3 is 1.85 bits per heavy atom. The average molecular weight is 448 g/mol. The van der Waals surface area contributed by atoms with Gasteiger partial charge in [-0.25, -0.2) is 0 Å². The molecule has 4 N–H and O–H groups in total. The fourth-order valence-corrected chi connectivity index (χ4v) is 3.57. The molecule has 0 bridgehead atoms. The molecule has 0 unspecified atom stereocenters. The number of anilines is 2. The normalized spacial score (nSPS) is 11.6. The Labute approximate surface area is 193 Å². The second-order valence-corrected chi connectivity index (χ2v) is 7.59. The molecule has 0 aliphatic rings.